The van der Waals surface area contributed by atoms with Gasteiger partial charge in [-0.15, -0.1) is 0 Å². The molecule has 0 unspecified atom stereocenters. The van der Waals surface area contributed by atoms with Crippen LogP contribution in [0, 0.1) is 0 Å². The Morgan fingerprint density at radius 1 is 1.38 bits per heavy atom. The third kappa shape index (κ3) is 5.08. The molecule has 1 aliphatic heterocycles. The van der Waals surface area contributed by atoms with Gasteiger partial charge < -0.3 is 10.4 Å². The fourth-order valence-electron chi connectivity index (χ4n) is 2.47. The third-order valence-electron chi connectivity index (χ3n) is 3.20. The lowest BCUT2D eigenvalue weighted by atomic mass is 9.91. The monoisotopic (exact) mass is 227 g/mol. The van der Waals surface area contributed by atoms with Crippen LogP contribution in [0.4, 0.5) is 0 Å². The predicted octanol–water partition coefficient (Wildman–Crippen LogP) is 2.03. The highest BCUT2D eigenvalue weighted by Gasteiger charge is 2.26. The number of unbranched alkanes of at least 4 members (excludes halogenated alkanes) is 2. The smallest absolute Gasteiger partial charge is 0.136 e. The van der Waals surface area contributed by atoms with Gasteiger partial charge in [0.05, 0.1) is 6.10 Å². The molecule has 0 saturated carbocycles. The molecule has 0 spiro atoms. The van der Waals surface area contributed by atoms with E-state index in [1.165, 1.54) is 19.3 Å². The number of aliphatic hydroxyl groups excluding tert-OH is 1. The van der Waals surface area contributed by atoms with Crippen molar-refractivity contribution in [2.75, 3.05) is 0 Å². The van der Waals surface area contributed by atoms with Crippen molar-refractivity contribution >= 4 is 5.78 Å². The molecular formula is C13H25NO2. The van der Waals surface area contributed by atoms with Gasteiger partial charge in [0.25, 0.3) is 0 Å². The first-order chi connectivity index (χ1) is 7.61. The van der Waals surface area contributed by atoms with Gasteiger partial charge in [-0.2, -0.15) is 0 Å². The lowest BCUT2D eigenvalue weighted by molar-refractivity contribution is -0.121. The van der Waals surface area contributed by atoms with Crippen LogP contribution in [0.3, 0.4) is 0 Å². The molecule has 94 valence electrons. The number of Topliss-reactive ketones (excluding diaryl/α,β-unsaturated/α-hetero) is 1. The van der Waals surface area contributed by atoms with Crippen molar-refractivity contribution in [1.29, 1.82) is 0 Å². The van der Waals surface area contributed by atoms with E-state index in [4.69, 9.17) is 0 Å². The lowest BCUT2D eigenvalue weighted by Gasteiger charge is -2.31. The lowest BCUT2D eigenvalue weighted by Crippen LogP contribution is -2.46. The van der Waals surface area contributed by atoms with Crippen molar-refractivity contribution < 1.29 is 9.90 Å². The highest BCUT2D eigenvalue weighted by Crippen LogP contribution is 2.17. The van der Waals surface area contributed by atoms with Gasteiger partial charge in [0.1, 0.15) is 5.78 Å². The van der Waals surface area contributed by atoms with Crippen molar-refractivity contribution in [1.82, 2.24) is 5.32 Å². The molecular weight excluding hydrogens is 202 g/mol. The van der Waals surface area contributed by atoms with E-state index >= 15 is 0 Å². The number of aliphatic hydroxyl groups is 1. The fraction of sp³-hybridized carbons (Fsp3) is 0.923. The van der Waals surface area contributed by atoms with E-state index in [0.29, 0.717) is 31.1 Å². The second-order valence-electron chi connectivity index (χ2n) is 5.09. The second-order valence-corrected chi connectivity index (χ2v) is 5.09. The van der Waals surface area contributed by atoms with E-state index < -0.39 is 0 Å². The summed E-state index contributed by atoms with van der Waals surface area (Å²) in [4.78, 5) is 11.6. The Morgan fingerprint density at radius 2 is 2.06 bits per heavy atom. The standard InChI is InChI=1S/C13H25NO2/c1-3-4-5-6-11-8-13(16)9-12(14-11)7-10(2)15/h10-12,14-15H,3-9H2,1-2H3/t10-,11-,12-/m0/s1. The first kappa shape index (κ1) is 13.7. The molecule has 1 fully saturated rings. The van der Waals surface area contributed by atoms with Crippen LogP contribution in [-0.2, 0) is 4.79 Å². The van der Waals surface area contributed by atoms with Gasteiger partial charge in [-0.05, 0) is 19.8 Å². The number of nitrogens with one attached hydrogen (secondary N) is 1. The predicted molar refractivity (Wildman–Crippen MR) is 65.4 cm³/mol. The minimum absolute atomic E-state index is 0.188. The van der Waals surface area contributed by atoms with Crippen molar-refractivity contribution in [2.45, 2.75) is 77.0 Å². The van der Waals surface area contributed by atoms with Gasteiger partial charge in [-0.3, -0.25) is 4.79 Å². The topological polar surface area (TPSA) is 49.3 Å². The van der Waals surface area contributed by atoms with Gasteiger partial charge in [-0.1, -0.05) is 26.2 Å². The van der Waals surface area contributed by atoms with Crippen molar-refractivity contribution in [3.8, 4) is 0 Å². The summed E-state index contributed by atoms with van der Waals surface area (Å²) in [5, 5.41) is 12.8. The highest BCUT2D eigenvalue weighted by atomic mass is 16.3. The Labute approximate surface area is 98.6 Å². The summed E-state index contributed by atoms with van der Waals surface area (Å²) in [7, 11) is 0. The zero-order valence-electron chi connectivity index (χ0n) is 10.5. The summed E-state index contributed by atoms with van der Waals surface area (Å²) in [5.74, 6) is 0.353. The minimum atomic E-state index is -0.320. The van der Waals surface area contributed by atoms with Crippen LogP contribution in [0.1, 0.15) is 58.8 Å². The van der Waals surface area contributed by atoms with Crippen molar-refractivity contribution in [3.05, 3.63) is 0 Å². The fourth-order valence-corrected chi connectivity index (χ4v) is 2.47. The maximum Gasteiger partial charge on any atom is 0.136 e. The van der Waals surface area contributed by atoms with Crippen LogP contribution in [0.25, 0.3) is 0 Å². The van der Waals surface area contributed by atoms with Crippen LogP contribution < -0.4 is 5.32 Å². The van der Waals surface area contributed by atoms with E-state index in [2.05, 4.69) is 12.2 Å². The molecule has 1 aliphatic rings. The number of hydrogen-bond donors (Lipinski definition) is 2. The summed E-state index contributed by atoms with van der Waals surface area (Å²) in [5.41, 5.74) is 0. The summed E-state index contributed by atoms with van der Waals surface area (Å²) < 4.78 is 0. The number of ketones is 1. The number of carbonyl (C=O) groups is 1. The Kier molecular flexibility index (Phi) is 5.99. The Bertz CT molecular complexity index is 216. The Hall–Kier alpha value is -0.410. The molecule has 1 rings (SSSR count). The average molecular weight is 227 g/mol. The molecule has 0 amide bonds. The van der Waals surface area contributed by atoms with Crippen LogP contribution in [-0.4, -0.2) is 29.1 Å². The Morgan fingerprint density at radius 3 is 2.69 bits per heavy atom. The number of hydrogen-bond acceptors (Lipinski definition) is 3. The molecule has 3 heteroatoms. The van der Waals surface area contributed by atoms with E-state index in [1.54, 1.807) is 6.92 Å². The molecule has 16 heavy (non-hydrogen) atoms. The highest BCUT2D eigenvalue weighted by molar-refractivity contribution is 5.80. The van der Waals surface area contributed by atoms with Gasteiger partial charge in [0.2, 0.25) is 0 Å². The van der Waals surface area contributed by atoms with Crippen LogP contribution >= 0.6 is 0 Å². The molecule has 0 bridgehead atoms. The van der Waals surface area contributed by atoms with E-state index in [0.717, 1.165) is 6.42 Å². The molecule has 0 aliphatic carbocycles. The largest absolute Gasteiger partial charge is 0.393 e. The first-order valence-electron chi connectivity index (χ1n) is 6.57. The molecule has 0 aromatic carbocycles. The summed E-state index contributed by atoms with van der Waals surface area (Å²) >= 11 is 0. The number of carbonyl (C=O) groups excluding carboxylic acids is 1. The average Bonchev–Trinajstić information content (AvgIpc) is 2.16. The third-order valence-corrected chi connectivity index (χ3v) is 3.20. The zero-order chi connectivity index (χ0) is 12.0. The van der Waals surface area contributed by atoms with Crippen LogP contribution in [0.2, 0.25) is 0 Å². The number of rotatable bonds is 6. The van der Waals surface area contributed by atoms with Crippen LogP contribution in [0.5, 0.6) is 0 Å². The van der Waals surface area contributed by atoms with Gasteiger partial charge in [0, 0.05) is 24.9 Å². The molecule has 1 saturated heterocycles. The second kappa shape index (κ2) is 7.02. The molecule has 0 radical (unpaired) electrons. The van der Waals surface area contributed by atoms with Gasteiger partial charge >= 0.3 is 0 Å². The molecule has 2 N–H and O–H groups in total. The molecule has 1 heterocycles. The van der Waals surface area contributed by atoms with E-state index in [9.17, 15) is 9.90 Å². The van der Waals surface area contributed by atoms with Gasteiger partial charge in [-0.25, -0.2) is 0 Å². The van der Waals surface area contributed by atoms with Crippen LogP contribution in [0.15, 0.2) is 0 Å². The molecule has 3 atom stereocenters. The Balaban J connectivity index is 2.32. The molecule has 0 aromatic rings. The van der Waals surface area contributed by atoms with Crippen molar-refractivity contribution in [2.24, 2.45) is 0 Å². The van der Waals surface area contributed by atoms with Crippen molar-refractivity contribution in [3.63, 3.8) is 0 Å². The first-order valence-corrected chi connectivity index (χ1v) is 6.57. The summed E-state index contributed by atoms with van der Waals surface area (Å²) in [6.45, 7) is 3.97. The maximum atomic E-state index is 11.6. The van der Waals surface area contributed by atoms with Gasteiger partial charge in [0.15, 0.2) is 0 Å². The van der Waals surface area contributed by atoms with E-state index in [-0.39, 0.29) is 12.1 Å². The normalized spacial score (nSPS) is 28.1. The zero-order valence-corrected chi connectivity index (χ0v) is 10.5. The summed E-state index contributed by atoms with van der Waals surface area (Å²) in [6.07, 6.45) is 6.40. The molecule has 0 aromatic heterocycles. The molecule has 3 nitrogen and oxygen atoms in total. The van der Waals surface area contributed by atoms with E-state index in [1.807, 2.05) is 0 Å². The summed E-state index contributed by atoms with van der Waals surface area (Å²) in [6, 6.07) is 0.532. The number of piperidine rings is 1. The SMILES string of the molecule is CCCCC[C@H]1CC(=O)C[C@H](C[C@H](C)O)N1. The maximum absolute atomic E-state index is 11.6. The minimum Gasteiger partial charge on any atom is -0.393 e. The quantitative estimate of drug-likeness (QED) is 0.683.